The van der Waals surface area contributed by atoms with Crippen molar-refractivity contribution in [3.05, 3.63) is 0 Å². The molecular formula is C13H22N2O6. The first-order valence-electron chi connectivity index (χ1n) is 6.82. The number of amides is 2. The number of aliphatic hydroxyl groups is 1. The number of rotatable bonds is 7. The monoisotopic (exact) mass is 302 g/mol. The van der Waals surface area contributed by atoms with Crippen molar-refractivity contribution in [3.8, 4) is 0 Å². The summed E-state index contributed by atoms with van der Waals surface area (Å²) in [5.74, 6) is -1.47. The second kappa shape index (κ2) is 7.82. The molecule has 0 saturated heterocycles. The summed E-state index contributed by atoms with van der Waals surface area (Å²) >= 11 is 0. The van der Waals surface area contributed by atoms with Crippen molar-refractivity contribution in [2.45, 2.75) is 37.8 Å². The Morgan fingerprint density at radius 1 is 1.38 bits per heavy atom. The van der Waals surface area contributed by atoms with Crippen LogP contribution in [0.25, 0.3) is 0 Å². The molecule has 0 radical (unpaired) electrons. The molecule has 1 rings (SSSR count). The van der Waals surface area contributed by atoms with Gasteiger partial charge in [-0.15, -0.1) is 0 Å². The fourth-order valence-corrected chi connectivity index (χ4v) is 2.20. The number of hydrogen-bond donors (Lipinski definition) is 3. The zero-order valence-corrected chi connectivity index (χ0v) is 12.2. The third kappa shape index (κ3) is 5.58. The summed E-state index contributed by atoms with van der Waals surface area (Å²) < 4.78 is 4.44. The smallest absolute Gasteiger partial charge is 0.326 e. The molecule has 0 aliphatic heterocycles. The number of esters is 1. The third-order valence-electron chi connectivity index (χ3n) is 3.55. The molecule has 3 N–H and O–H groups in total. The van der Waals surface area contributed by atoms with Crippen LogP contribution < -0.4 is 5.32 Å². The maximum absolute atomic E-state index is 11.9. The minimum Gasteiger partial charge on any atom is -0.480 e. The lowest BCUT2D eigenvalue weighted by Gasteiger charge is -2.34. The maximum Gasteiger partial charge on any atom is 0.326 e. The molecule has 0 aromatic heterocycles. The predicted molar refractivity (Wildman–Crippen MR) is 72.6 cm³/mol. The largest absolute Gasteiger partial charge is 0.480 e. The molecule has 1 atom stereocenters. The van der Waals surface area contributed by atoms with Crippen molar-refractivity contribution < 1.29 is 29.3 Å². The molecule has 1 saturated carbocycles. The molecule has 0 heterocycles. The number of hydrogen-bond acceptors (Lipinski definition) is 5. The molecule has 1 aliphatic rings. The van der Waals surface area contributed by atoms with E-state index in [1.165, 1.54) is 12.0 Å². The number of aliphatic carboxylic acids is 1. The molecule has 0 aromatic carbocycles. The topological polar surface area (TPSA) is 116 Å². The third-order valence-corrected chi connectivity index (χ3v) is 3.55. The fraction of sp³-hybridized carbons (Fsp3) is 0.769. The Hall–Kier alpha value is -1.83. The van der Waals surface area contributed by atoms with E-state index in [0.29, 0.717) is 19.4 Å². The van der Waals surface area contributed by atoms with Gasteiger partial charge in [0.15, 0.2) is 0 Å². The molecule has 2 amide bonds. The van der Waals surface area contributed by atoms with Crippen LogP contribution in [0.5, 0.6) is 0 Å². The number of carboxylic acids is 1. The molecule has 0 bridgehead atoms. The average Bonchev–Trinajstić information content (AvgIpc) is 2.40. The number of methoxy groups -OCH3 is 1. The highest BCUT2D eigenvalue weighted by Gasteiger charge is 2.30. The SMILES string of the molecule is COC(=O)CC[C@H](NC(=O)N(C)CC1CC(O)C1)C(=O)O. The first kappa shape index (κ1) is 17.2. The summed E-state index contributed by atoms with van der Waals surface area (Å²) in [4.78, 5) is 35.4. The normalized spacial score (nSPS) is 21.9. The fourth-order valence-electron chi connectivity index (χ4n) is 2.20. The molecule has 0 spiro atoms. The first-order valence-corrected chi connectivity index (χ1v) is 6.82. The Kier molecular flexibility index (Phi) is 6.41. The number of urea groups is 1. The minimum absolute atomic E-state index is 0.0241. The summed E-state index contributed by atoms with van der Waals surface area (Å²) in [7, 11) is 2.79. The lowest BCUT2D eigenvalue weighted by Crippen LogP contribution is -2.49. The Morgan fingerprint density at radius 3 is 2.48 bits per heavy atom. The Morgan fingerprint density at radius 2 is 2.00 bits per heavy atom. The number of aliphatic hydroxyl groups excluding tert-OH is 1. The van der Waals surface area contributed by atoms with Crippen LogP contribution in [0.15, 0.2) is 0 Å². The Labute approximate surface area is 123 Å². The van der Waals surface area contributed by atoms with Crippen LogP contribution in [0.2, 0.25) is 0 Å². The number of carbonyl (C=O) groups excluding carboxylic acids is 2. The highest BCUT2D eigenvalue weighted by atomic mass is 16.5. The molecule has 8 heteroatoms. The quantitative estimate of drug-likeness (QED) is 0.561. The van der Waals surface area contributed by atoms with Crippen LogP contribution in [-0.4, -0.2) is 65.9 Å². The maximum atomic E-state index is 11.9. The van der Waals surface area contributed by atoms with Crippen molar-refractivity contribution >= 4 is 18.0 Å². The van der Waals surface area contributed by atoms with E-state index in [2.05, 4.69) is 10.1 Å². The van der Waals surface area contributed by atoms with Crippen LogP contribution in [0, 0.1) is 5.92 Å². The summed E-state index contributed by atoms with van der Waals surface area (Å²) in [6.45, 7) is 0.465. The van der Waals surface area contributed by atoms with Crippen LogP contribution in [-0.2, 0) is 14.3 Å². The number of carboxylic acid groups (broad SMARTS) is 1. The molecule has 0 aromatic rings. The van der Waals surface area contributed by atoms with Crippen LogP contribution in [0.1, 0.15) is 25.7 Å². The number of carbonyl (C=O) groups is 3. The number of nitrogens with one attached hydrogen (secondary N) is 1. The van der Waals surface area contributed by atoms with Crippen molar-refractivity contribution in [1.82, 2.24) is 10.2 Å². The average molecular weight is 302 g/mol. The summed E-state index contributed by atoms with van der Waals surface area (Å²) in [6, 6.07) is -1.64. The summed E-state index contributed by atoms with van der Waals surface area (Å²) in [5, 5.41) is 20.6. The number of ether oxygens (including phenoxy) is 1. The highest BCUT2D eigenvalue weighted by Crippen LogP contribution is 2.27. The molecule has 120 valence electrons. The van der Waals surface area contributed by atoms with Gasteiger partial charge >= 0.3 is 18.0 Å². The molecule has 1 aliphatic carbocycles. The lowest BCUT2D eigenvalue weighted by atomic mass is 9.82. The minimum atomic E-state index is -1.19. The van der Waals surface area contributed by atoms with Gasteiger partial charge in [-0.25, -0.2) is 9.59 Å². The van der Waals surface area contributed by atoms with Crippen molar-refractivity contribution in [2.75, 3.05) is 20.7 Å². The second-order valence-corrected chi connectivity index (χ2v) is 5.33. The van der Waals surface area contributed by atoms with E-state index < -0.39 is 24.0 Å². The van der Waals surface area contributed by atoms with Gasteiger partial charge in [-0.1, -0.05) is 0 Å². The molecular weight excluding hydrogens is 280 g/mol. The van der Waals surface area contributed by atoms with Crippen LogP contribution in [0.4, 0.5) is 4.79 Å². The van der Waals surface area contributed by atoms with Gasteiger partial charge in [0, 0.05) is 20.0 Å². The van der Waals surface area contributed by atoms with Crippen LogP contribution >= 0.6 is 0 Å². The molecule has 1 fully saturated rings. The highest BCUT2D eigenvalue weighted by molar-refractivity contribution is 5.83. The van der Waals surface area contributed by atoms with E-state index >= 15 is 0 Å². The van der Waals surface area contributed by atoms with Crippen molar-refractivity contribution in [1.29, 1.82) is 0 Å². The summed E-state index contributed by atoms with van der Waals surface area (Å²) in [5.41, 5.74) is 0. The van der Waals surface area contributed by atoms with E-state index in [0.717, 1.165) is 0 Å². The van der Waals surface area contributed by atoms with Gasteiger partial charge in [-0.2, -0.15) is 0 Å². The van der Waals surface area contributed by atoms with Gasteiger partial charge in [-0.05, 0) is 25.2 Å². The summed E-state index contributed by atoms with van der Waals surface area (Å²) in [6.07, 6.45) is 0.916. The predicted octanol–water partition coefficient (Wildman–Crippen LogP) is -0.195. The molecule has 8 nitrogen and oxygen atoms in total. The van der Waals surface area contributed by atoms with E-state index in [9.17, 15) is 19.5 Å². The Bertz CT molecular complexity index is 394. The first-order chi connectivity index (χ1) is 9.83. The zero-order valence-electron chi connectivity index (χ0n) is 12.2. The molecule has 0 unspecified atom stereocenters. The number of nitrogens with zero attached hydrogens (tertiary/aromatic N) is 1. The van der Waals surface area contributed by atoms with Gasteiger partial charge in [0.1, 0.15) is 6.04 Å². The van der Waals surface area contributed by atoms with E-state index in [1.54, 1.807) is 7.05 Å². The van der Waals surface area contributed by atoms with E-state index in [1.807, 2.05) is 0 Å². The van der Waals surface area contributed by atoms with Crippen molar-refractivity contribution in [2.24, 2.45) is 5.92 Å². The van der Waals surface area contributed by atoms with Gasteiger partial charge < -0.3 is 25.2 Å². The van der Waals surface area contributed by atoms with Gasteiger partial charge in [0.25, 0.3) is 0 Å². The molecule has 21 heavy (non-hydrogen) atoms. The van der Waals surface area contributed by atoms with E-state index in [4.69, 9.17) is 5.11 Å². The van der Waals surface area contributed by atoms with E-state index in [-0.39, 0.29) is 24.9 Å². The van der Waals surface area contributed by atoms with Crippen LogP contribution in [0.3, 0.4) is 0 Å². The lowest BCUT2D eigenvalue weighted by molar-refractivity contribution is -0.142. The zero-order chi connectivity index (χ0) is 16.0. The second-order valence-electron chi connectivity index (χ2n) is 5.33. The standard InChI is InChI=1S/C13H22N2O6/c1-15(7-8-5-9(16)6-8)13(20)14-10(12(18)19)3-4-11(17)21-2/h8-10,16H,3-7H2,1-2H3,(H,14,20)(H,18,19)/t8?,9?,10-/m0/s1. The van der Waals surface area contributed by atoms with Crippen molar-refractivity contribution in [3.63, 3.8) is 0 Å². The van der Waals surface area contributed by atoms with Gasteiger partial charge in [0.2, 0.25) is 0 Å². The van der Waals surface area contributed by atoms with Gasteiger partial charge in [-0.3, -0.25) is 4.79 Å². The van der Waals surface area contributed by atoms with Gasteiger partial charge in [0.05, 0.1) is 13.2 Å². The Balaban J connectivity index is 2.40.